The second-order valence-electron chi connectivity index (χ2n) is 4.15. The third-order valence-electron chi connectivity index (χ3n) is 2.95. The second-order valence-corrected chi connectivity index (χ2v) is 7.85. The fourth-order valence-electron chi connectivity index (χ4n) is 2.00. The van der Waals surface area contributed by atoms with Crippen LogP contribution in [0.1, 0.15) is 26.9 Å². The van der Waals surface area contributed by atoms with Gasteiger partial charge in [0.05, 0.1) is 22.4 Å². The van der Waals surface area contributed by atoms with E-state index in [-0.39, 0.29) is 5.38 Å². The van der Waals surface area contributed by atoms with Gasteiger partial charge in [0.1, 0.15) is 0 Å². The highest BCUT2D eigenvalue weighted by Gasteiger charge is 2.18. The summed E-state index contributed by atoms with van der Waals surface area (Å²) in [5.41, 5.74) is 3.66. The van der Waals surface area contributed by atoms with Crippen molar-refractivity contribution in [3.05, 3.63) is 54.1 Å². The number of rotatable bonds is 2. The molecule has 18 heavy (non-hydrogen) atoms. The standard InChI is InChI=1S/C13H9Br2ClOS/c14-10-4-11(18-13(10)15)12(16)7-1-2-8-5-17-6-9(8)3-7/h1-4,12H,5-6H2. The zero-order valence-electron chi connectivity index (χ0n) is 9.25. The van der Waals surface area contributed by atoms with Crippen molar-refractivity contribution in [1.29, 1.82) is 0 Å². The molecular formula is C13H9Br2ClOS. The maximum atomic E-state index is 6.55. The van der Waals surface area contributed by atoms with Crippen LogP contribution in [0, 0.1) is 0 Å². The highest BCUT2D eigenvalue weighted by atomic mass is 79.9. The van der Waals surface area contributed by atoms with Gasteiger partial charge < -0.3 is 4.74 Å². The van der Waals surface area contributed by atoms with E-state index in [9.17, 15) is 0 Å². The summed E-state index contributed by atoms with van der Waals surface area (Å²) in [5, 5.41) is -0.108. The average molecular weight is 409 g/mol. The molecule has 1 aromatic heterocycles. The molecule has 0 N–H and O–H groups in total. The van der Waals surface area contributed by atoms with Gasteiger partial charge in [0.2, 0.25) is 0 Å². The Morgan fingerprint density at radius 1 is 1.17 bits per heavy atom. The molecule has 1 aliphatic heterocycles. The Hall–Kier alpha value is 0.130. The van der Waals surface area contributed by atoms with Gasteiger partial charge in [-0.25, -0.2) is 0 Å². The molecule has 1 atom stereocenters. The van der Waals surface area contributed by atoms with E-state index in [0.717, 1.165) is 25.3 Å². The van der Waals surface area contributed by atoms with Crippen LogP contribution in [0.15, 0.2) is 32.5 Å². The first kappa shape index (κ1) is 13.1. The van der Waals surface area contributed by atoms with Crippen LogP contribution in [0.3, 0.4) is 0 Å². The zero-order chi connectivity index (χ0) is 12.7. The lowest BCUT2D eigenvalue weighted by Gasteiger charge is -2.09. The molecule has 94 valence electrons. The van der Waals surface area contributed by atoms with Crippen LogP contribution in [0.4, 0.5) is 0 Å². The predicted molar refractivity (Wildman–Crippen MR) is 82.4 cm³/mol. The van der Waals surface area contributed by atoms with Crippen LogP contribution in [0.25, 0.3) is 0 Å². The summed E-state index contributed by atoms with van der Waals surface area (Å²) in [6.07, 6.45) is 0. The summed E-state index contributed by atoms with van der Waals surface area (Å²) in [6.45, 7) is 1.42. The number of hydrogen-bond donors (Lipinski definition) is 0. The van der Waals surface area contributed by atoms with E-state index in [2.05, 4.69) is 56.1 Å². The lowest BCUT2D eigenvalue weighted by Crippen LogP contribution is -1.92. The number of ether oxygens (including phenoxy) is 1. The summed E-state index contributed by atoms with van der Waals surface area (Å²) < 4.78 is 7.55. The number of halogens is 3. The second kappa shape index (κ2) is 5.25. The Morgan fingerprint density at radius 2 is 1.94 bits per heavy atom. The summed E-state index contributed by atoms with van der Waals surface area (Å²) in [6, 6.07) is 8.43. The van der Waals surface area contributed by atoms with Gasteiger partial charge in [0, 0.05) is 9.35 Å². The molecule has 0 radical (unpaired) electrons. The highest BCUT2D eigenvalue weighted by Crippen LogP contribution is 2.41. The summed E-state index contributed by atoms with van der Waals surface area (Å²) in [7, 11) is 0. The molecule has 5 heteroatoms. The van der Waals surface area contributed by atoms with Crippen molar-refractivity contribution in [2.45, 2.75) is 18.6 Å². The molecule has 1 unspecified atom stereocenters. The van der Waals surface area contributed by atoms with Crippen molar-refractivity contribution in [2.75, 3.05) is 0 Å². The molecule has 0 amide bonds. The molecule has 0 bridgehead atoms. The largest absolute Gasteiger partial charge is 0.372 e. The normalized spacial score (nSPS) is 15.7. The van der Waals surface area contributed by atoms with Crippen LogP contribution in [0.2, 0.25) is 0 Å². The van der Waals surface area contributed by atoms with Crippen molar-refractivity contribution >= 4 is 54.8 Å². The first-order valence-corrected chi connectivity index (χ1v) is 8.27. The Balaban J connectivity index is 1.94. The summed E-state index contributed by atoms with van der Waals surface area (Å²) in [4.78, 5) is 1.13. The number of thiophene rings is 1. The van der Waals surface area contributed by atoms with Gasteiger partial charge >= 0.3 is 0 Å². The zero-order valence-corrected chi connectivity index (χ0v) is 14.0. The number of hydrogen-bond acceptors (Lipinski definition) is 2. The lowest BCUT2D eigenvalue weighted by molar-refractivity contribution is 0.134. The number of fused-ring (bicyclic) bond motifs is 1. The fraction of sp³-hybridized carbons (Fsp3) is 0.231. The van der Waals surface area contributed by atoms with E-state index in [1.54, 1.807) is 11.3 Å². The molecule has 1 nitrogen and oxygen atoms in total. The van der Waals surface area contributed by atoms with Crippen molar-refractivity contribution < 1.29 is 4.74 Å². The summed E-state index contributed by atoms with van der Waals surface area (Å²) >= 11 is 15.2. The lowest BCUT2D eigenvalue weighted by atomic mass is 10.0. The minimum atomic E-state index is -0.108. The Bertz CT molecular complexity index is 577. The quantitative estimate of drug-likeness (QED) is 0.585. The van der Waals surface area contributed by atoms with E-state index in [0.29, 0.717) is 6.61 Å². The first-order chi connectivity index (χ1) is 8.65. The first-order valence-electron chi connectivity index (χ1n) is 5.43. The van der Waals surface area contributed by atoms with Gasteiger partial charge in [-0.05, 0) is 54.6 Å². The molecule has 2 aromatic rings. The van der Waals surface area contributed by atoms with Gasteiger partial charge in [0.25, 0.3) is 0 Å². The van der Waals surface area contributed by atoms with E-state index in [1.807, 2.05) is 0 Å². The Morgan fingerprint density at radius 3 is 2.67 bits per heavy atom. The predicted octanol–water partition coefficient (Wildman–Crippen LogP) is 5.63. The van der Waals surface area contributed by atoms with Crippen molar-refractivity contribution in [1.82, 2.24) is 0 Å². The highest BCUT2D eigenvalue weighted by molar-refractivity contribution is 9.13. The molecule has 3 rings (SSSR count). The molecule has 1 aromatic carbocycles. The smallest absolute Gasteiger partial charge is 0.0928 e. The monoisotopic (exact) mass is 406 g/mol. The molecule has 0 spiro atoms. The van der Waals surface area contributed by atoms with E-state index >= 15 is 0 Å². The van der Waals surface area contributed by atoms with Gasteiger partial charge in [-0.3, -0.25) is 0 Å². The van der Waals surface area contributed by atoms with Crippen LogP contribution in [0.5, 0.6) is 0 Å². The molecule has 0 aliphatic carbocycles. The Labute approximate surface area is 131 Å². The van der Waals surface area contributed by atoms with Crippen molar-refractivity contribution in [3.8, 4) is 0 Å². The molecule has 0 saturated heterocycles. The minimum absolute atomic E-state index is 0.108. The number of alkyl halides is 1. The Kier molecular flexibility index (Phi) is 3.83. The van der Waals surface area contributed by atoms with Gasteiger partial charge in [-0.15, -0.1) is 22.9 Å². The molecule has 0 fully saturated rings. The van der Waals surface area contributed by atoms with Gasteiger partial charge in [-0.1, -0.05) is 18.2 Å². The third kappa shape index (κ3) is 2.41. The third-order valence-corrected chi connectivity index (χ3v) is 6.89. The average Bonchev–Trinajstić information content (AvgIpc) is 2.95. The van der Waals surface area contributed by atoms with Crippen LogP contribution in [-0.2, 0) is 18.0 Å². The summed E-state index contributed by atoms with van der Waals surface area (Å²) in [5.74, 6) is 0. The maximum absolute atomic E-state index is 6.55. The van der Waals surface area contributed by atoms with E-state index < -0.39 is 0 Å². The minimum Gasteiger partial charge on any atom is -0.372 e. The van der Waals surface area contributed by atoms with Crippen LogP contribution >= 0.6 is 54.8 Å². The topological polar surface area (TPSA) is 9.23 Å². The number of benzene rings is 1. The van der Waals surface area contributed by atoms with Crippen molar-refractivity contribution in [2.24, 2.45) is 0 Å². The molecule has 2 heterocycles. The SMILES string of the molecule is ClC(c1ccc2c(c1)COC2)c1cc(Br)c(Br)s1. The van der Waals surface area contributed by atoms with Crippen LogP contribution in [-0.4, -0.2) is 0 Å². The van der Waals surface area contributed by atoms with Gasteiger partial charge in [-0.2, -0.15) is 0 Å². The van der Waals surface area contributed by atoms with Crippen molar-refractivity contribution in [3.63, 3.8) is 0 Å². The maximum Gasteiger partial charge on any atom is 0.0928 e. The van der Waals surface area contributed by atoms with E-state index in [4.69, 9.17) is 16.3 Å². The molecular weight excluding hydrogens is 399 g/mol. The van der Waals surface area contributed by atoms with Gasteiger partial charge in [0.15, 0.2) is 0 Å². The molecule has 1 aliphatic rings. The fourth-order valence-corrected chi connectivity index (χ4v) is 4.43. The van der Waals surface area contributed by atoms with E-state index in [1.165, 1.54) is 11.1 Å². The van der Waals surface area contributed by atoms with Crippen LogP contribution < -0.4 is 0 Å². The molecule has 0 saturated carbocycles.